The largest absolute Gasteiger partial charge is 0.401 e. The third-order valence-corrected chi connectivity index (χ3v) is 2.24. The highest BCUT2D eigenvalue weighted by Gasteiger charge is 2.30. The van der Waals surface area contributed by atoms with Crippen molar-refractivity contribution in [2.45, 2.75) is 19.0 Å². The van der Waals surface area contributed by atoms with Gasteiger partial charge >= 0.3 is 6.18 Å². The summed E-state index contributed by atoms with van der Waals surface area (Å²) in [5.41, 5.74) is 0. The molecule has 0 aliphatic heterocycles. The van der Waals surface area contributed by atoms with Gasteiger partial charge in [-0.05, 0) is 19.4 Å². The molecule has 0 aromatic carbocycles. The summed E-state index contributed by atoms with van der Waals surface area (Å²) in [4.78, 5) is 1.22. The summed E-state index contributed by atoms with van der Waals surface area (Å²) >= 11 is 3.21. The molecule has 0 bridgehead atoms. The molecule has 0 spiro atoms. The molecule has 0 fully saturated rings. The van der Waals surface area contributed by atoms with Crippen LogP contribution in [0.1, 0.15) is 12.8 Å². The van der Waals surface area contributed by atoms with E-state index in [-0.39, 0.29) is 13.2 Å². The maximum absolute atomic E-state index is 12.0. The molecular weight excluding hydrogens is 263 g/mol. The first-order valence-corrected chi connectivity index (χ1v) is 5.57. The van der Waals surface area contributed by atoms with E-state index in [0.29, 0.717) is 13.0 Å². The molecule has 6 heteroatoms. The summed E-state index contributed by atoms with van der Waals surface area (Å²) in [6.07, 6.45) is -2.62. The van der Waals surface area contributed by atoms with E-state index in [1.807, 2.05) is 0 Å². The van der Waals surface area contributed by atoms with Crippen molar-refractivity contribution in [3.63, 3.8) is 0 Å². The first-order chi connectivity index (χ1) is 6.49. The monoisotopic (exact) mass is 277 g/mol. The van der Waals surface area contributed by atoms with Crippen LogP contribution in [-0.2, 0) is 0 Å². The zero-order valence-electron chi connectivity index (χ0n) is 7.86. The molecule has 0 atom stereocenters. The van der Waals surface area contributed by atoms with Crippen molar-refractivity contribution < 1.29 is 18.3 Å². The van der Waals surface area contributed by atoms with Gasteiger partial charge in [-0.1, -0.05) is 15.9 Å². The highest BCUT2D eigenvalue weighted by atomic mass is 79.9. The van der Waals surface area contributed by atoms with Gasteiger partial charge in [0.15, 0.2) is 0 Å². The molecule has 0 saturated carbocycles. The van der Waals surface area contributed by atoms with E-state index in [1.165, 1.54) is 4.90 Å². The normalized spacial score (nSPS) is 12.4. The van der Waals surface area contributed by atoms with E-state index in [2.05, 4.69) is 15.9 Å². The second kappa shape index (κ2) is 7.48. The zero-order valence-corrected chi connectivity index (χ0v) is 9.44. The number of nitrogens with zero attached hydrogens (tertiary/aromatic N) is 1. The molecule has 1 N–H and O–H groups in total. The number of hydrogen-bond donors (Lipinski definition) is 1. The SMILES string of the molecule is OCCN(CCCCBr)CC(F)(F)F. The summed E-state index contributed by atoms with van der Waals surface area (Å²) in [5, 5.41) is 9.37. The van der Waals surface area contributed by atoms with Crippen molar-refractivity contribution in [2.24, 2.45) is 0 Å². The Balaban J connectivity index is 3.77. The number of halogens is 4. The summed E-state index contributed by atoms with van der Waals surface area (Å²) in [6, 6.07) is 0. The molecule has 0 saturated heterocycles. The maximum Gasteiger partial charge on any atom is 0.401 e. The smallest absolute Gasteiger partial charge is 0.395 e. The van der Waals surface area contributed by atoms with E-state index < -0.39 is 12.7 Å². The lowest BCUT2D eigenvalue weighted by Gasteiger charge is -2.22. The number of aliphatic hydroxyl groups is 1. The first-order valence-electron chi connectivity index (χ1n) is 4.45. The minimum absolute atomic E-state index is 0.0851. The van der Waals surface area contributed by atoms with E-state index in [4.69, 9.17) is 5.11 Å². The molecule has 0 rings (SSSR count). The Morgan fingerprint density at radius 2 is 1.79 bits per heavy atom. The zero-order chi connectivity index (χ0) is 11.0. The molecule has 2 nitrogen and oxygen atoms in total. The lowest BCUT2D eigenvalue weighted by molar-refractivity contribution is -0.146. The summed E-state index contributed by atoms with van der Waals surface area (Å²) < 4.78 is 36.0. The molecule has 0 aliphatic carbocycles. The average molecular weight is 278 g/mol. The van der Waals surface area contributed by atoms with Gasteiger partial charge in [0, 0.05) is 11.9 Å². The average Bonchev–Trinajstić information content (AvgIpc) is 2.02. The van der Waals surface area contributed by atoms with Gasteiger partial charge in [-0.25, -0.2) is 0 Å². The molecule has 86 valence electrons. The molecule has 0 aliphatic rings. The van der Waals surface area contributed by atoms with Crippen molar-refractivity contribution >= 4 is 15.9 Å². The molecule has 0 radical (unpaired) electrons. The lowest BCUT2D eigenvalue weighted by Crippen LogP contribution is -2.36. The number of hydrogen-bond acceptors (Lipinski definition) is 2. The van der Waals surface area contributed by atoms with Crippen molar-refractivity contribution in [3.8, 4) is 0 Å². The summed E-state index contributed by atoms with van der Waals surface area (Å²) in [5.74, 6) is 0. The Labute approximate surface area is 90.2 Å². The van der Waals surface area contributed by atoms with Crippen LogP contribution in [0.25, 0.3) is 0 Å². The van der Waals surface area contributed by atoms with Crippen LogP contribution in [0.15, 0.2) is 0 Å². The van der Waals surface area contributed by atoms with E-state index >= 15 is 0 Å². The standard InChI is InChI=1S/C8H15BrF3NO/c9-3-1-2-4-13(5-6-14)7-8(10,11)12/h14H,1-7H2. The Hall–Kier alpha value is 0.190. The summed E-state index contributed by atoms with van der Waals surface area (Å²) in [6.45, 7) is -0.701. The molecule has 0 amide bonds. The number of alkyl halides is 4. The number of unbranched alkanes of at least 4 members (excludes halogenated alkanes) is 1. The molecule has 0 aromatic rings. The van der Waals surface area contributed by atoms with Gasteiger partial charge in [0.1, 0.15) is 0 Å². The predicted octanol–water partition coefficient (Wildman–Crippen LogP) is 2.02. The molecular formula is C8H15BrF3NO. The van der Waals surface area contributed by atoms with Gasteiger partial charge in [0.25, 0.3) is 0 Å². The Bertz CT molecular complexity index is 143. The molecule has 0 aromatic heterocycles. The third kappa shape index (κ3) is 8.77. The van der Waals surface area contributed by atoms with Crippen LogP contribution in [0, 0.1) is 0 Å². The van der Waals surface area contributed by atoms with E-state index in [0.717, 1.165) is 11.8 Å². The van der Waals surface area contributed by atoms with Gasteiger partial charge in [0.05, 0.1) is 13.2 Å². The number of aliphatic hydroxyl groups excluding tert-OH is 1. The van der Waals surface area contributed by atoms with Crippen LogP contribution in [0.2, 0.25) is 0 Å². The van der Waals surface area contributed by atoms with Gasteiger partial charge < -0.3 is 5.11 Å². The quantitative estimate of drug-likeness (QED) is 0.569. The van der Waals surface area contributed by atoms with Crippen LogP contribution in [0.3, 0.4) is 0 Å². The van der Waals surface area contributed by atoms with Gasteiger partial charge in [-0.3, -0.25) is 4.90 Å². The van der Waals surface area contributed by atoms with Crippen LogP contribution >= 0.6 is 15.9 Å². The van der Waals surface area contributed by atoms with Gasteiger partial charge in [-0.2, -0.15) is 13.2 Å². The fourth-order valence-corrected chi connectivity index (χ4v) is 1.49. The van der Waals surface area contributed by atoms with Gasteiger partial charge in [0.2, 0.25) is 0 Å². The fourth-order valence-electron chi connectivity index (χ4n) is 1.09. The van der Waals surface area contributed by atoms with Gasteiger partial charge in [-0.15, -0.1) is 0 Å². The van der Waals surface area contributed by atoms with Crippen LogP contribution in [0.5, 0.6) is 0 Å². The first kappa shape index (κ1) is 14.2. The summed E-state index contributed by atoms with van der Waals surface area (Å²) in [7, 11) is 0. The number of rotatable bonds is 7. The third-order valence-electron chi connectivity index (χ3n) is 1.68. The Morgan fingerprint density at radius 3 is 2.21 bits per heavy atom. The van der Waals surface area contributed by atoms with Crippen molar-refractivity contribution in [1.82, 2.24) is 4.90 Å². The van der Waals surface area contributed by atoms with E-state index in [9.17, 15) is 13.2 Å². The highest BCUT2D eigenvalue weighted by molar-refractivity contribution is 9.09. The molecule has 14 heavy (non-hydrogen) atoms. The Kier molecular flexibility index (Phi) is 7.58. The van der Waals surface area contributed by atoms with Crippen LogP contribution < -0.4 is 0 Å². The minimum atomic E-state index is -4.18. The van der Waals surface area contributed by atoms with Crippen LogP contribution in [0.4, 0.5) is 13.2 Å². The van der Waals surface area contributed by atoms with Crippen molar-refractivity contribution in [2.75, 3.05) is 31.6 Å². The minimum Gasteiger partial charge on any atom is -0.395 e. The lowest BCUT2D eigenvalue weighted by atomic mass is 10.3. The predicted molar refractivity (Wildman–Crippen MR) is 52.6 cm³/mol. The van der Waals surface area contributed by atoms with Crippen LogP contribution in [-0.4, -0.2) is 47.8 Å². The molecule has 0 heterocycles. The Morgan fingerprint density at radius 1 is 1.14 bits per heavy atom. The second-order valence-electron chi connectivity index (χ2n) is 3.01. The second-order valence-corrected chi connectivity index (χ2v) is 3.80. The molecule has 0 unspecified atom stereocenters. The van der Waals surface area contributed by atoms with E-state index in [1.54, 1.807) is 0 Å². The fraction of sp³-hybridized carbons (Fsp3) is 1.00. The highest BCUT2D eigenvalue weighted by Crippen LogP contribution is 2.16. The van der Waals surface area contributed by atoms with Crippen molar-refractivity contribution in [3.05, 3.63) is 0 Å². The van der Waals surface area contributed by atoms with Crippen molar-refractivity contribution in [1.29, 1.82) is 0 Å². The topological polar surface area (TPSA) is 23.5 Å². The maximum atomic E-state index is 12.0.